The molecule has 0 aromatic heterocycles. The van der Waals surface area contributed by atoms with Gasteiger partial charge < -0.3 is 9.47 Å². The monoisotopic (exact) mass is 535 g/mol. The van der Waals surface area contributed by atoms with Gasteiger partial charge in [-0.15, -0.1) is 6.08 Å². The summed E-state index contributed by atoms with van der Waals surface area (Å²) < 4.78 is 195. The van der Waals surface area contributed by atoms with Crippen LogP contribution in [0.5, 0.6) is 0 Å². The van der Waals surface area contributed by atoms with Crippen LogP contribution in [0.25, 0.3) is 0 Å². The van der Waals surface area contributed by atoms with Crippen LogP contribution in [0.1, 0.15) is 0 Å². The van der Waals surface area contributed by atoms with Gasteiger partial charge in [0, 0.05) is 7.11 Å². The van der Waals surface area contributed by atoms with Gasteiger partial charge >= 0.3 is 16.5 Å². The molecule has 182 valence electrons. The van der Waals surface area contributed by atoms with E-state index in [1.807, 2.05) is 0 Å². The molecule has 0 saturated carbocycles. The summed E-state index contributed by atoms with van der Waals surface area (Å²) >= 11 is 0. The summed E-state index contributed by atoms with van der Waals surface area (Å²) in [5.41, 5.74) is -19.3. The number of allylic oxidation sites excluding steroid dienone is 1. The highest BCUT2D eigenvalue weighted by Crippen LogP contribution is 2.49. The molecule has 1 rings (SSSR count). The Morgan fingerprint density at radius 3 is 1.48 bits per heavy atom. The zero-order chi connectivity index (χ0) is 25.0. The van der Waals surface area contributed by atoms with E-state index in [1.165, 1.54) is 0 Å². The third-order valence-corrected chi connectivity index (χ3v) is 8.10. The van der Waals surface area contributed by atoms with Crippen molar-refractivity contribution in [2.75, 3.05) is 14.2 Å². The van der Waals surface area contributed by atoms with Crippen LogP contribution in [-0.2, 0) is 39.0 Å². The van der Waals surface area contributed by atoms with Gasteiger partial charge in [-0.05, 0) is 15.9 Å². The molecule has 0 fully saturated rings. The lowest BCUT2D eigenvalue weighted by atomic mass is 10.1. The van der Waals surface area contributed by atoms with Crippen LogP contribution in [0.3, 0.4) is 0 Å². The van der Waals surface area contributed by atoms with Crippen LogP contribution in [0, 0.1) is 5.25 Å². The van der Waals surface area contributed by atoms with E-state index in [0.717, 1.165) is 0 Å². The number of halogens is 9. The quantitative estimate of drug-likeness (QED) is 0.388. The zero-order valence-corrected chi connectivity index (χ0v) is 17.0. The summed E-state index contributed by atoms with van der Waals surface area (Å²) in [4.78, 5) is -5.18. The molecule has 0 aromatic rings. The van der Waals surface area contributed by atoms with Crippen LogP contribution < -0.4 is 0 Å². The van der Waals surface area contributed by atoms with E-state index in [1.54, 1.807) is 0 Å². The van der Waals surface area contributed by atoms with Crippen molar-refractivity contribution in [3.8, 4) is 0 Å². The van der Waals surface area contributed by atoms with Gasteiger partial charge in [0.25, 0.3) is 9.84 Å². The van der Waals surface area contributed by atoms with Gasteiger partial charge in [-0.2, -0.15) is 39.5 Å². The fourth-order valence-electron chi connectivity index (χ4n) is 2.13. The fraction of sp³-hybridized carbons (Fsp3) is 0.545. The third kappa shape index (κ3) is 4.33. The second kappa shape index (κ2) is 7.73. The van der Waals surface area contributed by atoms with Crippen LogP contribution in [0.2, 0.25) is 0 Å². The highest BCUT2D eigenvalue weighted by atomic mass is 32.2. The van der Waals surface area contributed by atoms with Crippen molar-refractivity contribution in [2.45, 2.75) is 22.6 Å². The topological polar surface area (TPSA) is 121 Å². The first-order valence-corrected chi connectivity index (χ1v) is 11.3. The zero-order valence-electron chi connectivity index (χ0n) is 14.5. The molecule has 0 N–H and O–H groups in total. The number of hydrogen-bond donors (Lipinski definition) is 0. The predicted octanol–water partition coefficient (Wildman–Crippen LogP) is 2.09. The number of rotatable bonds is 5. The van der Waals surface area contributed by atoms with Gasteiger partial charge in [0.1, 0.15) is 0 Å². The van der Waals surface area contributed by atoms with Crippen LogP contribution in [0.4, 0.5) is 39.5 Å². The lowest BCUT2D eigenvalue weighted by Gasteiger charge is -2.41. The Labute approximate surface area is 168 Å². The van der Waals surface area contributed by atoms with E-state index in [0.29, 0.717) is 0 Å². The minimum Gasteiger partial charge on any atom is -0.531 e. The Morgan fingerprint density at radius 2 is 1.19 bits per heavy atom. The van der Waals surface area contributed by atoms with Gasteiger partial charge in [0.15, 0.2) is 0 Å². The Bertz CT molecular complexity index is 1110. The molecule has 0 amide bonds. The maximum atomic E-state index is 13.0. The summed E-state index contributed by atoms with van der Waals surface area (Å²) in [6.45, 7) is 0. The summed E-state index contributed by atoms with van der Waals surface area (Å²) in [7, 11) is -20.4. The molecule has 1 unspecified atom stereocenters. The van der Waals surface area contributed by atoms with E-state index in [4.69, 9.17) is 0 Å². The average Bonchev–Trinajstić information content (AvgIpc) is 2.56. The molecule has 31 heavy (non-hydrogen) atoms. The highest BCUT2D eigenvalue weighted by molar-refractivity contribution is 7.98. The fourth-order valence-corrected chi connectivity index (χ4v) is 5.54. The minimum atomic E-state index is -7.00. The van der Waals surface area contributed by atoms with Crippen molar-refractivity contribution < 1.29 is 74.2 Å². The number of methoxy groups -OCH3 is 2. The molecule has 1 atom stereocenters. The van der Waals surface area contributed by atoms with Crippen molar-refractivity contribution in [3.05, 3.63) is 26.9 Å². The van der Waals surface area contributed by atoms with Gasteiger partial charge in [-0.1, -0.05) is 0 Å². The van der Waals surface area contributed by atoms with Gasteiger partial charge in [0.05, 0.1) is 18.1 Å². The molecule has 20 heteroatoms. The molecule has 1 aliphatic rings. The predicted molar refractivity (Wildman–Crippen MR) is 81.1 cm³/mol. The molecule has 0 heterocycles. The van der Waals surface area contributed by atoms with Crippen LogP contribution >= 0.6 is 0 Å². The number of hydrogen-bond acceptors (Lipinski definition) is 8. The highest BCUT2D eigenvalue weighted by Gasteiger charge is 2.58. The van der Waals surface area contributed by atoms with Crippen molar-refractivity contribution in [1.82, 2.24) is 0 Å². The van der Waals surface area contributed by atoms with E-state index in [-0.39, 0.29) is 14.2 Å². The third-order valence-electron chi connectivity index (χ3n) is 3.46. The van der Waals surface area contributed by atoms with E-state index < -0.39 is 79.0 Å². The molecular formula is C11H8F9O8S3-. The largest absolute Gasteiger partial charge is 0.531 e. The first-order valence-electron chi connectivity index (χ1n) is 6.84. The van der Waals surface area contributed by atoms with Gasteiger partial charge in [-0.25, -0.2) is 25.3 Å². The molecule has 0 radical (unpaired) electrons. The molecular weight excluding hydrogens is 527 g/mol. The van der Waals surface area contributed by atoms with Crippen molar-refractivity contribution >= 4 is 29.5 Å². The molecule has 0 saturated heterocycles. The van der Waals surface area contributed by atoms with E-state index in [9.17, 15) is 64.8 Å². The van der Waals surface area contributed by atoms with Gasteiger partial charge in [-0.3, -0.25) is 0 Å². The van der Waals surface area contributed by atoms with Crippen molar-refractivity contribution in [2.24, 2.45) is 0 Å². The minimum absolute atomic E-state index is 0.191. The summed E-state index contributed by atoms with van der Waals surface area (Å²) in [5.74, 6) is -2.23. The average molecular weight is 535 g/mol. The van der Waals surface area contributed by atoms with E-state index in [2.05, 4.69) is 9.47 Å². The van der Waals surface area contributed by atoms with Gasteiger partial charge in [0.2, 0.25) is 19.7 Å². The second-order valence-electron chi connectivity index (χ2n) is 5.27. The Morgan fingerprint density at radius 1 is 0.774 bits per heavy atom. The first kappa shape index (κ1) is 27.4. The maximum Gasteiger partial charge on any atom is 0.501 e. The molecule has 0 aromatic carbocycles. The Balaban J connectivity index is 4.31. The van der Waals surface area contributed by atoms with Crippen LogP contribution in [-0.4, -0.2) is 62.1 Å². The normalized spacial score (nSPS) is 20.0. The summed E-state index contributed by atoms with van der Waals surface area (Å²) in [6.07, 6.45) is -4.19. The first-order chi connectivity index (χ1) is 13.5. The number of ether oxygens (including phenoxy) is 2. The SMILES string of the molecule is COC1=C(S(=O)(=O)C(F)(F)F)C=C(S(=O)(=O)C(F)(F)F)C(OC)[C-]1S(=O)(=O)C(F)(F)F. The van der Waals surface area contributed by atoms with Crippen molar-refractivity contribution in [1.29, 1.82) is 0 Å². The molecule has 0 bridgehead atoms. The standard InChI is InChI=1S/C11H8F9O8S3/c1-27-6-4(29(21,22)9(12,13)14)3-5(30(23,24)10(15,16)17)7(28-2)8(6)31(25,26)11(18,19)20/h3,6H,1-2H3/q-1. The molecule has 0 spiro atoms. The smallest absolute Gasteiger partial charge is 0.501 e. The summed E-state index contributed by atoms with van der Waals surface area (Å²) in [5, 5.41) is -2.64. The Hall–Kier alpha value is -1.67. The lowest BCUT2D eigenvalue weighted by Crippen LogP contribution is -2.45. The number of alkyl halides is 9. The number of sulfone groups is 3. The molecule has 0 aliphatic heterocycles. The Kier molecular flexibility index (Phi) is 6.82. The van der Waals surface area contributed by atoms with Crippen molar-refractivity contribution in [3.63, 3.8) is 0 Å². The second-order valence-corrected chi connectivity index (χ2v) is 11.0. The lowest BCUT2D eigenvalue weighted by molar-refractivity contribution is -0.0446. The molecule has 1 aliphatic carbocycles. The summed E-state index contributed by atoms with van der Waals surface area (Å²) in [6, 6.07) is 0. The van der Waals surface area contributed by atoms with Crippen LogP contribution in [0.15, 0.2) is 21.6 Å². The molecule has 8 nitrogen and oxygen atoms in total. The van der Waals surface area contributed by atoms with E-state index >= 15 is 0 Å². The maximum absolute atomic E-state index is 13.0.